The van der Waals surface area contributed by atoms with E-state index in [4.69, 9.17) is 5.73 Å². The molecule has 1 aromatic carbocycles. The van der Waals surface area contributed by atoms with Crippen molar-refractivity contribution in [2.75, 3.05) is 18.0 Å². The molecule has 1 saturated carbocycles. The summed E-state index contributed by atoms with van der Waals surface area (Å²) in [5.74, 6) is 0.380. The smallest absolute Gasteiger partial charge is 0.322 e. The zero-order chi connectivity index (χ0) is 13.9. The van der Waals surface area contributed by atoms with Gasteiger partial charge in [-0.3, -0.25) is 4.90 Å². The van der Waals surface area contributed by atoms with E-state index in [1.807, 2.05) is 23.1 Å². The van der Waals surface area contributed by atoms with Gasteiger partial charge in [-0.1, -0.05) is 31.0 Å². The van der Waals surface area contributed by atoms with Crippen LogP contribution in [0.2, 0.25) is 0 Å². The van der Waals surface area contributed by atoms with E-state index in [1.165, 1.54) is 18.4 Å². The van der Waals surface area contributed by atoms with Crippen LogP contribution in [0.15, 0.2) is 24.3 Å². The van der Waals surface area contributed by atoms with Gasteiger partial charge >= 0.3 is 6.03 Å². The quantitative estimate of drug-likeness (QED) is 0.889. The molecule has 2 aliphatic rings. The van der Waals surface area contributed by atoms with Crippen LogP contribution in [-0.2, 0) is 0 Å². The van der Waals surface area contributed by atoms with Gasteiger partial charge < -0.3 is 11.1 Å². The van der Waals surface area contributed by atoms with Crippen molar-refractivity contribution in [3.8, 4) is 0 Å². The Kier molecular flexibility index (Phi) is 3.92. The Bertz CT molecular complexity index is 482. The molecule has 1 aliphatic heterocycles. The number of nitrogens with one attached hydrogen (secondary N) is 1. The summed E-state index contributed by atoms with van der Waals surface area (Å²) >= 11 is 0. The molecular weight excluding hydrogens is 250 g/mol. The molecule has 0 aromatic heterocycles. The molecule has 1 heterocycles. The number of nitrogens with zero attached hydrogens (tertiary/aromatic N) is 1. The number of rotatable bonds is 3. The number of hydrogen-bond acceptors (Lipinski definition) is 2. The Morgan fingerprint density at radius 2 is 2.05 bits per heavy atom. The standard InChI is InChI=1S/C16H23N3O/c17-10-9-12-11-19(15-8-4-3-7-14(12)15)16(20)18-13-5-1-2-6-13/h3-4,7-8,12-13H,1-2,5-6,9-11,17H2,(H,18,20). The molecule has 4 heteroatoms. The van der Waals surface area contributed by atoms with Gasteiger partial charge in [0.25, 0.3) is 0 Å². The van der Waals surface area contributed by atoms with Gasteiger partial charge in [0.2, 0.25) is 0 Å². The van der Waals surface area contributed by atoms with Crippen LogP contribution in [-0.4, -0.2) is 25.2 Å². The van der Waals surface area contributed by atoms with E-state index >= 15 is 0 Å². The molecule has 0 bridgehead atoms. The first kappa shape index (κ1) is 13.4. The minimum absolute atomic E-state index is 0.0591. The van der Waals surface area contributed by atoms with Gasteiger partial charge in [-0.15, -0.1) is 0 Å². The molecule has 1 fully saturated rings. The maximum Gasteiger partial charge on any atom is 0.322 e. The fraction of sp³-hybridized carbons (Fsp3) is 0.562. The number of nitrogens with two attached hydrogens (primary N) is 1. The molecule has 0 spiro atoms. The topological polar surface area (TPSA) is 58.4 Å². The van der Waals surface area contributed by atoms with Crippen LogP contribution in [0.1, 0.15) is 43.6 Å². The summed E-state index contributed by atoms with van der Waals surface area (Å²) in [6.07, 6.45) is 5.64. The summed E-state index contributed by atoms with van der Waals surface area (Å²) in [6, 6.07) is 8.63. The number of para-hydroxylation sites is 1. The van der Waals surface area contributed by atoms with E-state index in [9.17, 15) is 4.79 Å². The van der Waals surface area contributed by atoms with Crippen LogP contribution in [0.3, 0.4) is 0 Å². The molecule has 20 heavy (non-hydrogen) atoms. The summed E-state index contributed by atoms with van der Waals surface area (Å²) in [4.78, 5) is 14.4. The molecule has 4 nitrogen and oxygen atoms in total. The van der Waals surface area contributed by atoms with Gasteiger partial charge in [-0.25, -0.2) is 4.79 Å². The molecular formula is C16H23N3O. The lowest BCUT2D eigenvalue weighted by atomic mass is 9.98. The number of benzene rings is 1. The lowest BCUT2D eigenvalue weighted by Gasteiger charge is -2.21. The predicted octanol–water partition coefficient (Wildman–Crippen LogP) is 2.59. The third-order valence-corrected chi connectivity index (χ3v) is 4.51. The van der Waals surface area contributed by atoms with Crippen LogP contribution in [0.5, 0.6) is 0 Å². The van der Waals surface area contributed by atoms with E-state index in [2.05, 4.69) is 11.4 Å². The van der Waals surface area contributed by atoms with Crippen LogP contribution < -0.4 is 16.0 Å². The number of urea groups is 1. The van der Waals surface area contributed by atoms with Crippen molar-refractivity contribution in [1.29, 1.82) is 0 Å². The molecule has 2 amide bonds. The number of anilines is 1. The molecule has 1 atom stereocenters. The maximum atomic E-state index is 12.5. The Labute approximate surface area is 120 Å². The Hall–Kier alpha value is -1.55. The Morgan fingerprint density at radius 1 is 1.30 bits per heavy atom. The van der Waals surface area contributed by atoms with Gasteiger partial charge in [0.15, 0.2) is 0 Å². The largest absolute Gasteiger partial charge is 0.335 e. The maximum absolute atomic E-state index is 12.5. The Balaban J connectivity index is 1.75. The van der Waals surface area contributed by atoms with Crippen LogP contribution in [0.4, 0.5) is 10.5 Å². The van der Waals surface area contributed by atoms with E-state index in [0.717, 1.165) is 31.5 Å². The first-order valence-corrected chi connectivity index (χ1v) is 7.66. The highest BCUT2D eigenvalue weighted by molar-refractivity contribution is 5.94. The second-order valence-corrected chi connectivity index (χ2v) is 5.87. The highest BCUT2D eigenvalue weighted by Crippen LogP contribution is 2.37. The van der Waals surface area contributed by atoms with Gasteiger partial charge in [-0.05, 0) is 37.4 Å². The molecule has 0 radical (unpaired) electrons. The molecule has 0 saturated heterocycles. The minimum atomic E-state index is 0.0591. The normalized spacial score (nSPS) is 22.1. The number of hydrogen-bond donors (Lipinski definition) is 2. The number of carbonyl (C=O) groups is 1. The van der Waals surface area contributed by atoms with Gasteiger partial charge in [0.05, 0.1) is 0 Å². The number of fused-ring (bicyclic) bond motifs is 1. The number of amides is 2. The van der Waals surface area contributed by atoms with Crippen molar-refractivity contribution in [2.45, 2.75) is 44.1 Å². The molecule has 1 aliphatic carbocycles. The molecule has 108 valence electrons. The van der Waals surface area contributed by atoms with Gasteiger partial charge in [-0.2, -0.15) is 0 Å². The molecule has 1 aromatic rings. The molecule has 1 unspecified atom stereocenters. The van der Waals surface area contributed by atoms with E-state index in [1.54, 1.807) is 0 Å². The van der Waals surface area contributed by atoms with Crippen molar-refractivity contribution >= 4 is 11.7 Å². The Morgan fingerprint density at radius 3 is 2.80 bits per heavy atom. The van der Waals surface area contributed by atoms with Crippen molar-refractivity contribution in [3.05, 3.63) is 29.8 Å². The monoisotopic (exact) mass is 273 g/mol. The summed E-state index contributed by atoms with van der Waals surface area (Å²) in [5, 5.41) is 3.18. The van der Waals surface area contributed by atoms with Crippen LogP contribution >= 0.6 is 0 Å². The lowest BCUT2D eigenvalue weighted by Crippen LogP contribution is -2.43. The molecule has 3 rings (SSSR count). The second kappa shape index (κ2) is 5.83. The fourth-order valence-electron chi connectivity index (χ4n) is 3.46. The highest BCUT2D eigenvalue weighted by atomic mass is 16.2. The van der Waals surface area contributed by atoms with Crippen molar-refractivity contribution in [3.63, 3.8) is 0 Å². The van der Waals surface area contributed by atoms with E-state index < -0.39 is 0 Å². The van der Waals surface area contributed by atoms with Crippen LogP contribution in [0.25, 0.3) is 0 Å². The summed E-state index contributed by atoms with van der Waals surface area (Å²) in [6.45, 7) is 1.42. The summed E-state index contributed by atoms with van der Waals surface area (Å²) in [5.41, 5.74) is 8.02. The first-order valence-electron chi connectivity index (χ1n) is 7.66. The van der Waals surface area contributed by atoms with Crippen molar-refractivity contribution in [2.24, 2.45) is 5.73 Å². The zero-order valence-electron chi connectivity index (χ0n) is 11.8. The van der Waals surface area contributed by atoms with Crippen molar-refractivity contribution in [1.82, 2.24) is 5.32 Å². The average Bonchev–Trinajstić information content (AvgIpc) is 3.08. The van der Waals surface area contributed by atoms with Gasteiger partial charge in [0.1, 0.15) is 0 Å². The minimum Gasteiger partial charge on any atom is -0.335 e. The van der Waals surface area contributed by atoms with E-state index in [-0.39, 0.29) is 6.03 Å². The summed E-state index contributed by atoms with van der Waals surface area (Å²) in [7, 11) is 0. The predicted molar refractivity (Wildman–Crippen MR) is 81.0 cm³/mol. The van der Waals surface area contributed by atoms with Crippen LogP contribution in [0, 0.1) is 0 Å². The van der Waals surface area contributed by atoms with Gasteiger partial charge in [0, 0.05) is 24.2 Å². The number of carbonyl (C=O) groups excluding carboxylic acids is 1. The highest BCUT2D eigenvalue weighted by Gasteiger charge is 2.32. The second-order valence-electron chi connectivity index (χ2n) is 5.87. The average molecular weight is 273 g/mol. The zero-order valence-corrected chi connectivity index (χ0v) is 11.8. The molecule has 3 N–H and O–H groups in total. The lowest BCUT2D eigenvalue weighted by molar-refractivity contribution is 0.242. The first-order chi connectivity index (χ1) is 9.79. The van der Waals surface area contributed by atoms with E-state index in [0.29, 0.717) is 18.5 Å². The SMILES string of the molecule is NCCC1CN(C(=O)NC2CCCC2)c2ccccc21. The third kappa shape index (κ3) is 2.52. The van der Waals surface area contributed by atoms with Crippen molar-refractivity contribution < 1.29 is 4.79 Å². The fourth-order valence-corrected chi connectivity index (χ4v) is 3.46. The summed E-state index contributed by atoms with van der Waals surface area (Å²) < 4.78 is 0. The third-order valence-electron chi connectivity index (χ3n) is 4.51.